The number of nitrogens with zero attached hydrogens (tertiary/aromatic N) is 2. The van der Waals surface area contributed by atoms with E-state index in [9.17, 15) is 4.79 Å². The maximum absolute atomic E-state index is 12.3. The fraction of sp³-hybridized carbons (Fsp3) is 0.667. The number of hydrogen-bond acceptors (Lipinski definition) is 4. The molecule has 3 heterocycles. The molecule has 1 atom stereocenters. The number of furan rings is 1. The van der Waals surface area contributed by atoms with E-state index >= 15 is 0 Å². The number of amides is 1. The second kappa shape index (κ2) is 5.97. The summed E-state index contributed by atoms with van der Waals surface area (Å²) < 4.78 is 5.82. The minimum Gasteiger partial charge on any atom is -0.454 e. The molecule has 3 rings (SSSR count). The van der Waals surface area contributed by atoms with Gasteiger partial charge in [0.2, 0.25) is 0 Å². The van der Waals surface area contributed by atoms with E-state index in [1.165, 1.54) is 12.8 Å². The number of carbonyl (C=O) groups is 1. The summed E-state index contributed by atoms with van der Waals surface area (Å²) in [5.41, 5.74) is 0. The van der Waals surface area contributed by atoms with Crippen LogP contribution in [-0.2, 0) is 0 Å². The Morgan fingerprint density at radius 2 is 1.90 bits per heavy atom. The van der Waals surface area contributed by atoms with E-state index in [4.69, 9.17) is 4.42 Å². The molecule has 1 aromatic rings. The number of hydrogen-bond donors (Lipinski definition) is 1. The van der Waals surface area contributed by atoms with Crippen LogP contribution in [0.25, 0.3) is 0 Å². The van der Waals surface area contributed by atoms with Crippen LogP contribution in [0.2, 0.25) is 0 Å². The lowest BCUT2D eigenvalue weighted by Crippen LogP contribution is -2.46. The van der Waals surface area contributed by atoms with Gasteiger partial charge in [0.1, 0.15) is 5.76 Å². The molecule has 0 saturated carbocycles. The van der Waals surface area contributed by atoms with Gasteiger partial charge in [0.05, 0.1) is 6.04 Å². The standard InChI is InChI=1S/C15H23N3O2/c1-12(17-8-2-3-9-17)13-4-5-14(20-13)15(19)18-10-6-16-7-11-18/h4-5,12,16H,2-3,6-11H2,1H3. The van der Waals surface area contributed by atoms with Crippen molar-refractivity contribution in [2.75, 3.05) is 39.3 Å². The molecule has 0 aromatic carbocycles. The Labute approximate surface area is 119 Å². The topological polar surface area (TPSA) is 48.7 Å². The Balaban J connectivity index is 1.67. The summed E-state index contributed by atoms with van der Waals surface area (Å²) in [6.45, 7) is 7.66. The molecule has 0 aliphatic carbocycles. The summed E-state index contributed by atoms with van der Waals surface area (Å²) in [4.78, 5) is 16.6. The van der Waals surface area contributed by atoms with Gasteiger partial charge in [0, 0.05) is 26.2 Å². The first-order chi connectivity index (χ1) is 9.75. The molecule has 2 aliphatic heterocycles. The highest BCUT2D eigenvalue weighted by Crippen LogP contribution is 2.26. The number of nitrogens with one attached hydrogen (secondary N) is 1. The first-order valence-electron chi connectivity index (χ1n) is 7.59. The Bertz CT molecular complexity index is 459. The summed E-state index contributed by atoms with van der Waals surface area (Å²) in [5, 5.41) is 3.25. The van der Waals surface area contributed by atoms with E-state index in [2.05, 4.69) is 17.1 Å². The van der Waals surface area contributed by atoms with Crippen LogP contribution in [0.4, 0.5) is 0 Å². The SMILES string of the molecule is CC(c1ccc(C(=O)N2CCNCC2)o1)N1CCCC1. The minimum absolute atomic E-state index is 0.0198. The predicted molar refractivity (Wildman–Crippen MR) is 76.7 cm³/mol. The molecule has 0 bridgehead atoms. The summed E-state index contributed by atoms with van der Waals surface area (Å²) in [6, 6.07) is 4.05. The van der Waals surface area contributed by atoms with E-state index < -0.39 is 0 Å². The smallest absolute Gasteiger partial charge is 0.289 e. The van der Waals surface area contributed by atoms with Crippen LogP contribution in [0.15, 0.2) is 16.5 Å². The lowest BCUT2D eigenvalue weighted by molar-refractivity contribution is 0.0698. The summed E-state index contributed by atoms with van der Waals surface area (Å²) in [6.07, 6.45) is 2.52. The largest absolute Gasteiger partial charge is 0.454 e. The van der Waals surface area contributed by atoms with Crippen LogP contribution in [-0.4, -0.2) is 55.0 Å². The number of likely N-dealkylation sites (tertiary alicyclic amines) is 1. The quantitative estimate of drug-likeness (QED) is 0.909. The highest BCUT2D eigenvalue weighted by molar-refractivity contribution is 5.91. The van der Waals surface area contributed by atoms with Crippen LogP contribution >= 0.6 is 0 Å². The van der Waals surface area contributed by atoms with Crippen molar-refractivity contribution in [1.82, 2.24) is 15.1 Å². The molecule has 1 amide bonds. The highest BCUT2D eigenvalue weighted by Gasteiger charge is 2.25. The average molecular weight is 277 g/mol. The van der Waals surface area contributed by atoms with Crippen LogP contribution in [0.3, 0.4) is 0 Å². The Kier molecular flexibility index (Phi) is 4.08. The van der Waals surface area contributed by atoms with Gasteiger partial charge in [-0.25, -0.2) is 0 Å². The molecule has 5 nitrogen and oxygen atoms in total. The molecule has 2 aliphatic rings. The Morgan fingerprint density at radius 1 is 1.20 bits per heavy atom. The molecule has 0 radical (unpaired) electrons. The van der Waals surface area contributed by atoms with Crippen molar-refractivity contribution in [1.29, 1.82) is 0 Å². The Morgan fingerprint density at radius 3 is 2.60 bits per heavy atom. The van der Waals surface area contributed by atoms with Gasteiger partial charge in [-0.1, -0.05) is 0 Å². The molecule has 0 spiro atoms. The maximum atomic E-state index is 12.3. The van der Waals surface area contributed by atoms with Gasteiger partial charge < -0.3 is 14.6 Å². The third-order valence-corrected chi connectivity index (χ3v) is 4.34. The molecular formula is C15H23N3O2. The van der Waals surface area contributed by atoms with Gasteiger partial charge in [-0.2, -0.15) is 0 Å². The molecule has 1 N–H and O–H groups in total. The molecular weight excluding hydrogens is 254 g/mol. The van der Waals surface area contributed by atoms with Crippen molar-refractivity contribution < 1.29 is 9.21 Å². The molecule has 20 heavy (non-hydrogen) atoms. The molecule has 2 fully saturated rings. The second-order valence-electron chi connectivity index (χ2n) is 5.66. The minimum atomic E-state index is 0.0198. The van der Waals surface area contributed by atoms with Crippen LogP contribution in [0.1, 0.15) is 42.1 Å². The zero-order chi connectivity index (χ0) is 13.9. The van der Waals surface area contributed by atoms with Crippen molar-refractivity contribution in [2.45, 2.75) is 25.8 Å². The first-order valence-corrected chi connectivity index (χ1v) is 7.59. The van der Waals surface area contributed by atoms with Crippen LogP contribution in [0, 0.1) is 0 Å². The number of piperazine rings is 1. The van der Waals surface area contributed by atoms with Crippen molar-refractivity contribution in [2.24, 2.45) is 0 Å². The first kappa shape index (κ1) is 13.6. The molecule has 1 aromatic heterocycles. The number of carbonyl (C=O) groups excluding carboxylic acids is 1. The maximum Gasteiger partial charge on any atom is 0.289 e. The van der Waals surface area contributed by atoms with Crippen molar-refractivity contribution in [3.63, 3.8) is 0 Å². The normalized spacial score (nSPS) is 22.1. The van der Waals surface area contributed by atoms with Crippen molar-refractivity contribution in [3.05, 3.63) is 23.7 Å². The third-order valence-electron chi connectivity index (χ3n) is 4.34. The molecule has 2 saturated heterocycles. The number of rotatable bonds is 3. The van der Waals surface area contributed by atoms with Gasteiger partial charge in [0.25, 0.3) is 5.91 Å². The highest BCUT2D eigenvalue weighted by atomic mass is 16.4. The van der Waals surface area contributed by atoms with E-state index in [0.717, 1.165) is 45.0 Å². The predicted octanol–water partition coefficient (Wildman–Crippen LogP) is 1.48. The average Bonchev–Trinajstić information content (AvgIpc) is 3.18. The van der Waals surface area contributed by atoms with E-state index in [1.807, 2.05) is 17.0 Å². The fourth-order valence-electron chi connectivity index (χ4n) is 3.02. The molecule has 5 heteroatoms. The lowest BCUT2D eigenvalue weighted by atomic mass is 10.2. The fourth-order valence-corrected chi connectivity index (χ4v) is 3.02. The van der Waals surface area contributed by atoms with Gasteiger partial charge in [-0.3, -0.25) is 9.69 Å². The van der Waals surface area contributed by atoms with E-state index in [1.54, 1.807) is 0 Å². The van der Waals surface area contributed by atoms with Crippen molar-refractivity contribution >= 4 is 5.91 Å². The van der Waals surface area contributed by atoms with Crippen LogP contribution in [0.5, 0.6) is 0 Å². The van der Waals surface area contributed by atoms with E-state index in [0.29, 0.717) is 5.76 Å². The van der Waals surface area contributed by atoms with Gasteiger partial charge in [-0.05, 0) is 45.0 Å². The summed E-state index contributed by atoms with van der Waals surface area (Å²) in [7, 11) is 0. The monoisotopic (exact) mass is 277 g/mol. The zero-order valence-corrected chi connectivity index (χ0v) is 12.1. The second-order valence-corrected chi connectivity index (χ2v) is 5.66. The van der Waals surface area contributed by atoms with Crippen LogP contribution < -0.4 is 5.32 Å². The molecule has 110 valence electrons. The van der Waals surface area contributed by atoms with Crippen molar-refractivity contribution in [3.8, 4) is 0 Å². The zero-order valence-electron chi connectivity index (χ0n) is 12.1. The van der Waals surface area contributed by atoms with Gasteiger partial charge in [0.15, 0.2) is 5.76 Å². The summed E-state index contributed by atoms with van der Waals surface area (Å²) >= 11 is 0. The lowest BCUT2D eigenvalue weighted by Gasteiger charge is -2.26. The van der Waals surface area contributed by atoms with Gasteiger partial charge >= 0.3 is 0 Å². The Hall–Kier alpha value is -1.33. The van der Waals surface area contributed by atoms with Gasteiger partial charge in [-0.15, -0.1) is 0 Å². The summed E-state index contributed by atoms with van der Waals surface area (Å²) in [5.74, 6) is 1.41. The van der Waals surface area contributed by atoms with E-state index in [-0.39, 0.29) is 11.9 Å². The third kappa shape index (κ3) is 2.74. The molecule has 1 unspecified atom stereocenters.